The average Bonchev–Trinajstić information content (AvgIpc) is 2.93. The third-order valence-electron chi connectivity index (χ3n) is 5.18. The minimum atomic E-state index is -0.212. The molecule has 0 bridgehead atoms. The first-order valence-electron chi connectivity index (χ1n) is 8.90. The van der Waals surface area contributed by atoms with Crippen molar-refractivity contribution >= 4 is 0 Å². The number of hydrogen-bond acceptors (Lipinski definition) is 3. The first-order valence-corrected chi connectivity index (χ1v) is 8.90. The summed E-state index contributed by atoms with van der Waals surface area (Å²) in [6.07, 6.45) is 12.2. The number of para-hydroxylation sites is 1. The van der Waals surface area contributed by atoms with Crippen molar-refractivity contribution in [3.8, 4) is 5.75 Å². The molecule has 1 atom stereocenters. The minimum absolute atomic E-state index is 0.212. The molecular weight excluding hydrogens is 296 g/mol. The first-order chi connectivity index (χ1) is 11.7. The molecule has 3 aliphatic rings. The second-order valence-corrected chi connectivity index (χ2v) is 7.38. The van der Waals surface area contributed by atoms with Gasteiger partial charge < -0.3 is 14.5 Å². The van der Waals surface area contributed by atoms with Crippen LogP contribution >= 0.6 is 0 Å². The monoisotopic (exact) mass is 322 g/mol. The van der Waals surface area contributed by atoms with E-state index in [4.69, 9.17) is 4.74 Å². The Hall–Kier alpha value is -2.00. The SMILES string of the molecule is CN(C)CCCN1C=C2CC=CC=C2C2(Cc3ccccc3O2)C1. The lowest BCUT2D eigenvalue weighted by Crippen LogP contribution is -2.50. The maximum atomic E-state index is 6.57. The van der Waals surface area contributed by atoms with Crippen LogP contribution in [0, 0.1) is 0 Å². The maximum Gasteiger partial charge on any atom is 0.156 e. The van der Waals surface area contributed by atoms with Gasteiger partial charge in [-0.2, -0.15) is 0 Å². The highest BCUT2D eigenvalue weighted by molar-refractivity contribution is 5.53. The highest BCUT2D eigenvalue weighted by Gasteiger charge is 2.46. The van der Waals surface area contributed by atoms with Gasteiger partial charge in [-0.15, -0.1) is 0 Å². The normalized spacial score (nSPS) is 24.5. The number of rotatable bonds is 4. The molecule has 0 saturated heterocycles. The summed E-state index contributed by atoms with van der Waals surface area (Å²) in [6.45, 7) is 3.15. The van der Waals surface area contributed by atoms with Crippen LogP contribution in [0.4, 0.5) is 0 Å². The van der Waals surface area contributed by atoms with Gasteiger partial charge in [0, 0.05) is 24.7 Å². The summed E-state index contributed by atoms with van der Waals surface area (Å²) in [4.78, 5) is 4.73. The van der Waals surface area contributed by atoms with Gasteiger partial charge in [0.25, 0.3) is 0 Å². The number of allylic oxidation sites excluding steroid dienone is 3. The molecular formula is C21H26N2O. The van der Waals surface area contributed by atoms with Gasteiger partial charge in [-0.25, -0.2) is 0 Å². The van der Waals surface area contributed by atoms with E-state index in [9.17, 15) is 0 Å². The Bertz CT molecular complexity index is 689. The average molecular weight is 322 g/mol. The van der Waals surface area contributed by atoms with Crippen molar-refractivity contribution in [2.75, 3.05) is 33.7 Å². The molecule has 4 rings (SSSR count). The smallest absolute Gasteiger partial charge is 0.156 e. The van der Waals surface area contributed by atoms with E-state index in [1.807, 2.05) is 0 Å². The molecule has 1 aliphatic carbocycles. The van der Waals surface area contributed by atoms with Crippen molar-refractivity contribution in [1.82, 2.24) is 9.80 Å². The van der Waals surface area contributed by atoms with Crippen molar-refractivity contribution in [3.05, 3.63) is 65.4 Å². The number of hydrogen-bond donors (Lipinski definition) is 0. The molecule has 0 radical (unpaired) electrons. The van der Waals surface area contributed by atoms with Gasteiger partial charge in [0.1, 0.15) is 5.75 Å². The van der Waals surface area contributed by atoms with Crippen LogP contribution in [0.25, 0.3) is 0 Å². The van der Waals surface area contributed by atoms with Crippen molar-refractivity contribution in [2.45, 2.75) is 24.9 Å². The predicted octanol–water partition coefficient (Wildman–Crippen LogP) is 3.40. The van der Waals surface area contributed by atoms with Crippen LogP contribution in [0.2, 0.25) is 0 Å². The van der Waals surface area contributed by atoms with E-state index < -0.39 is 0 Å². The van der Waals surface area contributed by atoms with Crippen LogP contribution in [-0.4, -0.2) is 49.1 Å². The van der Waals surface area contributed by atoms with E-state index in [-0.39, 0.29) is 5.60 Å². The molecule has 2 heterocycles. The fourth-order valence-corrected chi connectivity index (χ4v) is 4.10. The third-order valence-corrected chi connectivity index (χ3v) is 5.18. The number of benzene rings is 1. The molecule has 3 heteroatoms. The van der Waals surface area contributed by atoms with E-state index in [1.165, 1.54) is 23.1 Å². The summed E-state index contributed by atoms with van der Waals surface area (Å²) in [5.41, 5.74) is 3.92. The molecule has 1 aromatic carbocycles. The van der Waals surface area contributed by atoms with Crippen LogP contribution in [0.1, 0.15) is 18.4 Å². The van der Waals surface area contributed by atoms with Gasteiger partial charge in [0.15, 0.2) is 5.60 Å². The summed E-state index contributed by atoms with van der Waals surface area (Å²) < 4.78 is 6.57. The fraction of sp³-hybridized carbons (Fsp3) is 0.429. The molecule has 0 fully saturated rings. The molecule has 3 nitrogen and oxygen atoms in total. The van der Waals surface area contributed by atoms with Gasteiger partial charge in [-0.05, 0) is 50.7 Å². The molecule has 126 valence electrons. The highest BCUT2D eigenvalue weighted by Crippen LogP contribution is 2.45. The van der Waals surface area contributed by atoms with E-state index in [0.717, 1.165) is 38.2 Å². The van der Waals surface area contributed by atoms with Gasteiger partial charge in [-0.1, -0.05) is 36.4 Å². The van der Waals surface area contributed by atoms with Crippen molar-refractivity contribution in [2.24, 2.45) is 0 Å². The fourth-order valence-electron chi connectivity index (χ4n) is 4.10. The van der Waals surface area contributed by atoms with Crippen molar-refractivity contribution in [3.63, 3.8) is 0 Å². The van der Waals surface area contributed by atoms with Crippen LogP contribution in [-0.2, 0) is 6.42 Å². The van der Waals surface area contributed by atoms with Crippen LogP contribution < -0.4 is 4.74 Å². The van der Waals surface area contributed by atoms with Gasteiger partial charge in [-0.3, -0.25) is 0 Å². The quantitative estimate of drug-likeness (QED) is 0.845. The third kappa shape index (κ3) is 2.78. The Morgan fingerprint density at radius 1 is 1.25 bits per heavy atom. The Kier molecular flexibility index (Phi) is 3.97. The summed E-state index contributed by atoms with van der Waals surface area (Å²) in [5.74, 6) is 1.06. The molecule has 0 aromatic heterocycles. The first kappa shape index (κ1) is 15.5. The maximum absolute atomic E-state index is 6.57. The molecule has 2 aliphatic heterocycles. The van der Waals surface area contributed by atoms with Crippen LogP contribution in [0.5, 0.6) is 5.75 Å². The number of nitrogens with zero attached hydrogens (tertiary/aromatic N) is 2. The summed E-state index contributed by atoms with van der Waals surface area (Å²) in [5, 5.41) is 0. The van der Waals surface area contributed by atoms with E-state index in [1.54, 1.807) is 0 Å². The summed E-state index contributed by atoms with van der Waals surface area (Å²) >= 11 is 0. The van der Waals surface area contributed by atoms with Crippen molar-refractivity contribution < 1.29 is 4.74 Å². The number of fused-ring (bicyclic) bond motifs is 3. The molecule has 1 spiro atoms. The largest absolute Gasteiger partial charge is 0.480 e. The molecule has 0 N–H and O–H groups in total. The summed E-state index contributed by atoms with van der Waals surface area (Å²) in [6, 6.07) is 8.50. The lowest BCUT2D eigenvalue weighted by Gasteiger charge is -2.42. The Morgan fingerprint density at radius 3 is 2.96 bits per heavy atom. The zero-order valence-electron chi connectivity index (χ0n) is 14.7. The second kappa shape index (κ2) is 6.14. The lowest BCUT2D eigenvalue weighted by atomic mass is 9.79. The Labute approximate surface area is 144 Å². The zero-order valence-corrected chi connectivity index (χ0v) is 14.7. The van der Waals surface area contributed by atoms with Crippen LogP contribution in [0.3, 0.4) is 0 Å². The summed E-state index contributed by atoms with van der Waals surface area (Å²) in [7, 11) is 4.28. The van der Waals surface area contributed by atoms with Gasteiger partial charge >= 0.3 is 0 Å². The topological polar surface area (TPSA) is 15.7 Å². The minimum Gasteiger partial charge on any atom is -0.480 e. The van der Waals surface area contributed by atoms with E-state index >= 15 is 0 Å². The van der Waals surface area contributed by atoms with Gasteiger partial charge in [0.05, 0.1) is 6.54 Å². The van der Waals surface area contributed by atoms with Gasteiger partial charge in [0.2, 0.25) is 0 Å². The standard InChI is InChI=1S/C21H26N2O/c1-22(2)12-7-13-23-15-18-9-3-5-10-19(18)21(16-23)14-17-8-4-6-11-20(17)24-21/h3-6,8,10-11,15H,7,9,12-14,16H2,1-2H3. The Balaban J connectivity index is 1.61. The molecule has 0 saturated carbocycles. The zero-order chi connectivity index (χ0) is 16.6. The number of ether oxygens (including phenoxy) is 1. The molecule has 1 unspecified atom stereocenters. The second-order valence-electron chi connectivity index (χ2n) is 7.38. The lowest BCUT2D eigenvalue weighted by molar-refractivity contribution is 0.0887. The predicted molar refractivity (Wildman–Crippen MR) is 98.2 cm³/mol. The highest BCUT2D eigenvalue weighted by atomic mass is 16.5. The molecule has 0 amide bonds. The molecule has 24 heavy (non-hydrogen) atoms. The van der Waals surface area contributed by atoms with Crippen LogP contribution in [0.15, 0.2) is 59.8 Å². The molecule has 1 aromatic rings. The van der Waals surface area contributed by atoms with E-state index in [0.29, 0.717) is 0 Å². The Morgan fingerprint density at radius 2 is 2.12 bits per heavy atom. The van der Waals surface area contributed by atoms with E-state index in [2.05, 4.69) is 72.6 Å². The van der Waals surface area contributed by atoms with Crippen molar-refractivity contribution in [1.29, 1.82) is 0 Å².